The van der Waals surface area contributed by atoms with E-state index >= 15 is 0 Å². The summed E-state index contributed by atoms with van der Waals surface area (Å²) in [7, 11) is 0. The van der Waals surface area contributed by atoms with E-state index < -0.39 is 0 Å². The topological polar surface area (TPSA) is 31.9 Å². The first kappa shape index (κ1) is 20.0. The highest BCUT2D eigenvalue weighted by Gasteiger charge is 2.22. The summed E-state index contributed by atoms with van der Waals surface area (Å²) in [6, 6.07) is 30.3. The van der Waals surface area contributed by atoms with E-state index in [1.807, 2.05) is 0 Å². The van der Waals surface area contributed by atoms with Crippen LogP contribution < -0.4 is 0 Å². The molecule has 3 nitrogen and oxygen atoms in total. The summed E-state index contributed by atoms with van der Waals surface area (Å²) in [6.07, 6.45) is 4.76. The first-order chi connectivity index (χ1) is 15.3. The summed E-state index contributed by atoms with van der Waals surface area (Å²) in [4.78, 5) is 10.9. The van der Waals surface area contributed by atoms with Crippen molar-refractivity contribution in [1.29, 1.82) is 0 Å². The van der Waals surface area contributed by atoms with Crippen LogP contribution in [-0.4, -0.2) is 34.5 Å². The third-order valence-corrected chi connectivity index (χ3v) is 6.77. The number of benzene rings is 3. The number of hydrogen-bond donors (Lipinski definition) is 1. The number of aromatic amines is 1. The number of likely N-dealkylation sites (tertiary alicyclic amines) is 1. The molecule has 5 rings (SSSR count). The Balaban J connectivity index is 1.17. The maximum absolute atomic E-state index is 4.78. The first-order valence-corrected chi connectivity index (χ1v) is 11.6. The highest BCUT2D eigenvalue weighted by Crippen LogP contribution is 2.29. The molecule has 0 spiro atoms. The number of piperidine rings is 1. The van der Waals surface area contributed by atoms with Gasteiger partial charge < -0.3 is 9.88 Å². The van der Waals surface area contributed by atoms with E-state index in [9.17, 15) is 0 Å². The number of rotatable bonds is 7. The van der Waals surface area contributed by atoms with Gasteiger partial charge in [-0.2, -0.15) is 0 Å². The van der Waals surface area contributed by atoms with Gasteiger partial charge in [0.1, 0.15) is 5.82 Å². The van der Waals surface area contributed by atoms with Gasteiger partial charge in [-0.25, -0.2) is 4.98 Å². The van der Waals surface area contributed by atoms with E-state index in [0.717, 1.165) is 35.7 Å². The highest BCUT2D eigenvalue weighted by atomic mass is 15.1. The number of aromatic nitrogens is 2. The Bertz CT molecular complexity index is 1010. The molecule has 1 N–H and O–H groups in total. The van der Waals surface area contributed by atoms with Crippen molar-refractivity contribution in [2.75, 3.05) is 19.6 Å². The molecule has 3 aromatic carbocycles. The number of para-hydroxylation sites is 2. The van der Waals surface area contributed by atoms with Gasteiger partial charge in [0.15, 0.2) is 0 Å². The number of hydrogen-bond acceptors (Lipinski definition) is 2. The van der Waals surface area contributed by atoms with Crippen molar-refractivity contribution in [2.45, 2.75) is 31.6 Å². The lowest BCUT2D eigenvalue weighted by atomic mass is 9.87. The third kappa shape index (κ3) is 4.88. The van der Waals surface area contributed by atoms with Crippen molar-refractivity contribution in [3.63, 3.8) is 0 Å². The fourth-order valence-electron chi connectivity index (χ4n) is 5.00. The molecule has 0 bridgehead atoms. The highest BCUT2D eigenvalue weighted by molar-refractivity contribution is 5.74. The summed E-state index contributed by atoms with van der Waals surface area (Å²) >= 11 is 0. The molecule has 0 unspecified atom stereocenters. The Morgan fingerprint density at radius 3 is 2.06 bits per heavy atom. The second-order valence-corrected chi connectivity index (χ2v) is 8.85. The lowest BCUT2D eigenvalue weighted by molar-refractivity contribution is 0.179. The van der Waals surface area contributed by atoms with Crippen LogP contribution in [0.25, 0.3) is 11.0 Å². The van der Waals surface area contributed by atoms with Gasteiger partial charge in [-0.15, -0.1) is 0 Å². The Morgan fingerprint density at radius 2 is 1.42 bits per heavy atom. The van der Waals surface area contributed by atoms with Gasteiger partial charge in [0, 0.05) is 12.3 Å². The molecule has 0 radical (unpaired) electrons. The Labute approximate surface area is 185 Å². The number of fused-ring (bicyclic) bond motifs is 1. The Hall–Kier alpha value is -2.91. The van der Waals surface area contributed by atoms with Crippen LogP contribution in [0, 0.1) is 5.92 Å². The molecule has 1 aliphatic rings. The molecule has 1 aromatic heterocycles. The zero-order chi connectivity index (χ0) is 20.9. The molecular formula is C28H31N3. The van der Waals surface area contributed by atoms with Crippen LogP contribution in [0.2, 0.25) is 0 Å². The monoisotopic (exact) mass is 409 g/mol. The predicted molar refractivity (Wildman–Crippen MR) is 128 cm³/mol. The zero-order valence-electron chi connectivity index (χ0n) is 18.1. The van der Waals surface area contributed by atoms with Crippen molar-refractivity contribution in [3.05, 3.63) is 102 Å². The molecule has 4 aromatic rings. The lowest BCUT2D eigenvalue weighted by Crippen LogP contribution is -2.35. The number of nitrogens with zero attached hydrogens (tertiary/aromatic N) is 2. The van der Waals surface area contributed by atoms with Crippen LogP contribution in [0.1, 0.15) is 42.1 Å². The molecule has 1 aliphatic heterocycles. The minimum absolute atomic E-state index is 0.468. The fourth-order valence-corrected chi connectivity index (χ4v) is 5.00. The van der Waals surface area contributed by atoms with E-state index in [0.29, 0.717) is 5.92 Å². The molecule has 1 saturated heterocycles. The van der Waals surface area contributed by atoms with E-state index in [2.05, 4.69) is 94.8 Å². The van der Waals surface area contributed by atoms with E-state index in [4.69, 9.17) is 4.98 Å². The van der Waals surface area contributed by atoms with Crippen molar-refractivity contribution in [2.24, 2.45) is 5.92 Å². The molecule has 0 amide bonds. The molecule has 0 saturated carbocycles. The largest absolute Gasteiger partial charge is 0.342 e. The summed E-state index contributed by atoms with van der Waals surface area (Å²) in [5, 5.41) is 0. The summed E-state index contributed by atoms with van der Waals surface area (Å²) in [6.45, 7) is 3.55. The van der Waals surface area contributed by atoms with Gasteiger partial charge in [-0.1, -0.05) is 72.8 Å². The quantitative estimate of drug-likeness (QED) is 0.403. The average Bonchev–Trinajstić information content (AvgIpc) is 3.24. The third-order valence-electron chi connectivity index (χ3n) is 6.77. The molecule has 2 heterocycles. The Morgan fingerprint density at radius 1 is 0.806 bits per heavy atom. The summed E-state index contributed by atoms with van der Waals surface area (Å²) in [5.41, 5.74) is 5.09. The molecule has 0 aliphatic carbocycles. The predicted octanol–water partition coefficient (Wildman–Crippen LogP) is 6.04. The standard InChI is InChI=1S/C28H31N3/c1-3-9-23(10-4-1)25(24-11-5-2-6-12-24)17-20-31-18-15-22(16-19-31)21-28-29-26-13-7-8-14-27(26)30-28/h1-14,22,25H,15-21H2,(H,29,30). The smallest absolute Gasteiger partial charge is 0.107 e. The van der Waals surface area contributed by atoms with Crippen LogP contribution in [0.5, 0.6) is 0 Å². The lowest BCUT2D eigenvalue weighted by Gasteiger charge is -2.32. The van der Waals surface area contributed by atoms with Crippen LogP contribution in [0.15, 0.2) is 84.9 Å². The second-order valence-electron chi connectivity index (χ2n) is 8.85. The summed E-state index contributed by atoms with van der Waals surface area (Å²) < 4.78 is 0. The van der Waals surface area contributed by atoms with Gasteiger partial charge in [-0.05, 0) is 68.1 Å². The van der Waals surface area contributed by atoms with Gasteiger partial charge in [-0.3, -0.25) is 0 Å². The second kappa shape index (κ2) is 9.49. The first-order valence-electron chi connectivity index (χ1n) is 11.6. The van der Waals surface area contributed by atoms with Crippen molar-refractivity contribution >= 4 is 11.0 Å². The molecule has 1 fully saturated rings. The SMILES string of the molecule is c1ccc(C(CCN2CCC(Cc3nc4ccccc4[nH]3)CC2)c2ccccc2)cc1. The molecular weight excluding hydrogens is 378 g/mol. The maximum atomic E-state index is 4.78. The van der Waals surface area contributed by atoms with Crippen molar-refractivity contribution in [1.82, 2.24) is 14.9 Å². The minimum atomic E-state index is 0.468. The van der Waals surface area contributed by atoms with Crippen LogP contribution >= 0.6 is 0 Å². The van der Waals surface area contributed by atoms with Gasteiger partial charge in [0.25, 0.3) is 0 Å². The van der Waals surface area contributed by atoms with Gasteiger partial charge >= 0.3 is 0 Å². The zero-order valence-corrected chi connectivity index (χ0v) is 18.1. The van der Waals surface area contributed by atoms with Crippen LogP contribution in [0.3, 0.4) is 0 Å². The molecule has 0 atom stereocenters. The molecule has 31 heavy (non-hydrogen) atoms. The van der Waals surface area contributed by atoms with Gasteiger partial charge in [0.2, 0.25) is 0 Å². The minimum Gasteiger partial charge on any atom is -0.342 e. The van der Waals surface area contributed by atoms with Crippen molar-refractivity contribution in [3.8, 4) is 0 Å². The van der Waals surface area contributed by atoms with E-state index in [1.165, 1.54) is 43.5 Å². The van der Waals surface area contributed by atoms with Gasteiger partial charge in [0.05, 0.1) is 11.0 Å². The van der Waals surface area contributed by atoms with Crippen LogP contribution in [0.4, 0.5) is 0 Å². The van der Waals surface area contributed by atoms with E-state index in [1.54, 1.807) is 0 Å². The Kier molecular flexibility index (Phi) is 6.13. The van der Waals surface area contributed by atoms with Crippen molar-refractivity contribution < 1.29 is 0 Å². The fraction of sp³-hybridized carbons (Fsp3) is 0.321. The molecule has 158 valence electrons. The number of H-pyrrole nitrogens is 1. The average molecular weight is 410 g/mol. The van der Waals surface area contributed by atoms with E-state index in [-0.39, 0.29) is 0 Å². The molecule has 3 heteroatoms. The normalized spacial score (nSPS) is 15.6. The number of nitrogens with one attached hydrogen (secondary N) is 1. The summed E-state index contributed by atoms with van der Waals surface area (Å²) in [5.74, 6) is 2.35. The number of imidazole rings is 1. The van der Waals surface area contributed by atoms with Crippen LogP contribution in [-0.2, 0) is 6.42 Å². The maximum Gasteiger partial charge on any atom is 0.107 e.